The molecule has 1 aromatic heterocycles. The van der Waals surface area contributed by atoms with E-state index in [2.05, 4.69) is 4.98 Å². The molecule has 0 aromatic carbocycles. The van der Waals surface area contributed by atoms with E-state index in [9.17, 15) is 8.78 Å². The summed E-state index contributed by atoms with van der Waals surface area (Å²) in [6.07, 6.45) is 2.86. The van der Waals surface area contributed by atoms with E-state index in [1.165, 1.54) is 0 Å². The highest BCUT2D eigenvalue weighted by Crippen LogP contribution is 2.39. The van der Waals surface area contributed by atoms with E-state index in [1.54, 1.807) is 6.20 Å². The molecule has 0 unspecified atom stereocenters. The molecule has 3 heteroatoms. The molecule has 1 nitrogen and oxygen atoms in total. The number of pyridine rings is 1. The second-order valence-electron chi connectivity index (χ2n) is 3.88. The molecule has 1 heterocycles. The van der Waals surface area contributed by atoms with Crippen LogP contribution in [0.1, 0.15) is 37.3 Å². The van der Waals surface area contributed by atoms with Gasteiger partial charge in [-0.3, -0.25) is 4.98 Å². The van der Waals surface area contributed by atoms with Crippen molar-refractivity contribution in [2.24, 2.45) is 0 Å². The highest BCUT2D eigenvalue weighted by molar-refractivity contribution is 5.10. The number of hydrogen-bond donors (Lipinski definition) is 0. The summed E-state index contributed by atoms with van der Waals surface area (Å²) in [6, 6.07) is 5.68. The second-order valence-corrected chi connectivity index (χ2v) is 3.88. The second kappa shape index (κ2) is 3.64. The molecule has 1 aromatic rings. The van der Waals surface area contributed by atoms with Gasteiger partial charge in [0.05, 0.1) is 0 Å². The van der Waals surface area contributed by atoms with Crippen LogP contribution in [0.15, 0.2) is 24.4 Å². The first kappa shape index (κ1) is 9.56. The van der Waals surface area contributed by atoms with Gasteiger partial charge >= 0.3 is 0 Å². The summed E-state index contributed by atoms with van der Waals surface area (Å²) in [6.45, 7) is 0. The van der Waals surface area contributed by atoms with Crippen molar-refractivity contribution < 1.29 is 8.78 Å². The van der Waals surface area contributed by atoms with Gasteiger partial charge in [0.25, 0.3) is 0 Å². The largest absolute Gasteiger partial charge is 0.261 e. The summed E-state index contributed by atoms with van der Waals surface area (Å²) in [4.78, 5) is 4.21. The highest BCUT2D eigenvalue weighted by Gasteiger charge is 2.35. The van der Waals surface area contributed by atoms with Crippen molar-refractivity contribution >= 4 is 0 Å². The molecule has 0 spiro atoms. The van der Waals surface area contributed by atoms with E-state index < -0.39 is 5.92 Å². The van der Waals surface area contributed by atoms with Crippen LogP contribution in [0.4, 0.5) is 8.78 Å². The number of rotatable bonds is 1. The summed E-state index contributed by atoms with van der Waals surface area (Å²) < 4.78 is 25.7. The van der Waals surface area contributed by atoms with E-state index in [1.807, 2.05) is 18.2 Å². The maximum atomic E-state index is 12.9. The summed E-state index contributed by atoms with van der Waals surface area (Å²) in [5, 5.41) is 0. The fraction of sp³-hybridized carbons (Fsp3) is 0.545. The van der Waals surface area contributed by atoms with Gasteiger partial charge in [-0.25, -0.2) is 8.78 Å². The number of aromatic nitrogens is 1. The van der Waals surface area contributed by atoms with Crippen LogP contribution in [0.2, 0.25) is 0 Å². The van der Waals surface area contributed by atoms with Crippen molar-refractivity contribution in [3.8, 4) is 0 Å². The summed E-state index contributed by atoms with van der Waals surface area (Å²) >= 11 is 0. The fourth-order valence-corrected chi connectivity index (χ4v) is 1.95. The minimum atomic E-state index is -2.44. The molecule has 2 rings (SSSR count). The lowest BCUT2D eigenvalue weighted by Crippen LogP contribution is -2.23. The third-order valence-corrected chi connectivity index (χ3v) is 2.82. The standard InChI is InChI=1S/C11H13F2N/c12-11(13)6-4-9(5-7-11)10-3-1-2-8-14-10/h1-3,8-9H,4-7H2. The quantitative estimate of drug-likeness (QED) is 0.672. The van der Waals surface area contributed by atoms with Gasteiger partial charge in [-0.1, -0.05) is 6.07 Å². The molecule has 76 valence electrons. The molecule has 0 amide bonds. The minimum Gasteiger partial charge on any atom is -0.261 e. The molecule has 1 aliphatic rings. The first-order valence-corrected chi connectivity index (χ1v) is 4.96. The number of nitrogens with zero attached hydrogens (tertiary/aromatic N) is 1. The lowest BCUT2D eigenvalue weighted by Gasteiger charge is -2.27. The Morgan fingerprint density at radius 1 is 1.21 bits per heavy atom. The van der Waals surface area contributed by atoms with E-state index in [4.69, 9.17) is 0 Å². The molecule has 0 bridgehead atoms. The van der Waals surface area contributed by atoms with Crippen LogP contribution in [0.5, 0.6) is 0 Å². The molecule has 0 atom stereocenters. The van der Waals surface area contributed by atoms with Crippen molar-refractivity contribution in [1.29, 1.82) is 0 Å². The van der Waals surface area contributed by atoms with Gasteiger partial charge in [0, 0.05) is 30.7 Å². The van der Waals surface area contributed by atoms with E-state index in [-0.39, 0.29) is 18.8 Å². The Kier molecular flexibility index (Phi) is 2.48. The van der Waals surface area contributed by atoms with Crippen molar-refractivity contribution in [2.45, 2.75) is 37.5 Å². The smallest absolute Gasteiger partial charge is 0.248 e. The Labute approximate surface area is 82.2 Å². The van der Waals surface area contributed by atoms with E-state index in [0.717, 1.165) is 5.69 Å². The molecule has 14 heavy (non-hydrogen) atoms. The zero-order valence-corrected chi connectivity index (χ0v) is 7.92. The Hall–Kier alpha value is -0.990. The summed E-state index contributed by atoms with van der Waals surface area (Å²) in [5.41, 5.74) is 0.961. The summed E-state index contributed by atoms with van der Waals surface area (Å²) in [5.74, 6) is -2.21. The molecule has 0 N–H and O–H groups in total. The lowest BCUT2D eigenvalue weighted by molar-refractivity contribution is -0.0384. The summed E-state index contributed by atoms with van der Waals surface area (Å²) in [7, 11) is 0. The van der Waals surface area contributed by atoms with Crippen LogP contribution in [0.25, 0.3) is 0 Å². The van der Waals surface area contributed by atoms with Crippen LogP contribution in [-0.4, -0.2) is 10.9 Å². The number of hydrogen-bond acceptors (Lipinski definition) is 1. The van der Waals surface area contributed by atoms with Crippen LogP contribution in [0, 0.1) is 0 Å². The van der Waals surface area contributed by atoms with E-state index >= 15 is 0 Å². The molecule has 0 radical (unpaired) electrons. The Balaban J connectivity index is 2.03. The minimum absolute atomic E-state index is 0.00818. The predicted molar refractivity (Wildman–Crippen MR) is 50.4 cm³/mol. The maximum Gasteiger partial charge on any atom is 0.248 e. The molecule has 1 aliphatic carbocycles. The van der Waals surface area contributed by atoms with Crippen molar-refractivity contribution in [3.63, 3.8) is 0 Å². The van der Waals surface area contributed by atoms with Gasteiger partial charge < -0.3 is 0 Å². The van der Waals surface area contributed by atoms with Gasteiger partial charge in [-0.15, -0.1) is 0 Å². The van der Waals surface area contributed by atoms with Crippen molar-refractivity contribution in [3.05, 3.63) is 30.1 Å². The topological polar surface area (TPSA) is 12.9 Å². The van der Waals surface area contributed by atoms with Gasteiger partial charge in [0.2, 0.25) is 5.92 Å². The van der Waals surface area contributed by atoms with Crippen LogP contribution in [0.3, 0.4) is 0 Å². The normalized spacial score (nSPS) is 22.1. The molecular weight excluding hydrogens is 184 g/mol. The van der Waals surface area contributed by atoms with Crippen LogP contribution < -0.4 is 0 Å². The highest BCUT2D eigenvalue weighted by atomic mass is 19.3. The molecule has 1 saturated carbocycles. The van der Waals surface area contributed by atoms with Crippen LogP contribution in [-0.2, 0) is 0 Å². The first-order valence-electron chi connectivity index (χ1n) is 4.96. The molecule has 0 saturated heterocycles. The molecular formula is C11H13F2N. The predicted octanol–water partition coefficient (Wildman–Crippen LogP) is 3.37. The van der Waals surface area contributed by atoms with Gasteiger partial charge in [0.1, 0.15) is 0 Å². The lowest BCUT2D eigenvalue weighted by atomic mass is 9.84. The first-order chi connectivity index (χ1) is 6.67. The monoisotopic (exact) mass is 197 g/mol. The van der Waals surface area contributed by atoms with Crippen molar-refractivity contribution in [1.82, 2.24) is 4.98 Å². The Bertz CT molecular complexity index is 287. The third kappa shape index (κ3) is 2.08. The Morgan fingerprint density at radius 2 is 1.93 bits per heavy atom. The molecule has 0 aliphatic heterocycles. The van der Waals surface area contributed by atoms with Gasteiger partial charge in [-0.05, 0) is 25.0 Å². The SMILES string of the molecule is FC1(F)CCC(c2ccccn2)CC1. The van der Waals surface area contributed by atoms with Crippen molar-refractivity contribution in [2.75, 3.05) is 0 Å². The maximum absolute atomic E-state index is 12.9. The zero-order valence-electron chi connectivity index (χ0n) is 7.92. The molecule has 1 fully saturated rings. The van der Waals surface area contributed by atoms with Crippen LogP contribution >= 0.6 is 0 Å². The zero-order chi connectivity index (χ0) is 10.0. The fourth-order valence-electron chi connectivity index (χ4n) is 1.95. The average Bonchev–Trinajstić information content (AvgIpc) is 2.19. The Morgan fingerprint density at radius 3 is 2.50 bits per heavy atom. The van der Waals surface area contributed by atoms with Gasteiger partial charge in [0.15, 0.2) is 0 Å². The number of halogens is 2. The average molecular weight is 197 g/mol. The van der Waals surface area contributed by atoms with Gasteiger partial charge in [-0.2, -0.15) is 0 Å². The number of alkyl halides is 2. The van der Waals surface area contributed by atoms with E-state index in [0.29, 0.717) is 12.8 Å². The third-order valence-electron chi connectivity index (χ3n) is 2.82.